The van der Waals surface area contributed by atoms with Gasteiger partial charge in [0.2, 0.25) is 5.91 Å². The van der Waals surface area contributed by atoms with Crippen molar-refractivity contribution in [2.45, 2.75) is 52.4 Å². The Bertz CT molecular complexity index is 552. The molecule has 146 valence electrons. The predicted molar refractivity (Wildman–Crippen MR) is 96.1 cm³/mol. The molecule has 4 atom stereocenters. The Labute approximate surface area is 151 Å². The molecule has 2 aliphatic heterocycles. The Morgan fingerprint density at radius 3 is 2.12 bits per heavy atom. The zero-order valence-corrected chi connectivity index (χ0v) is 16.5. The van der Waals surface area contributed by atoms with Crippen LogP contribution in [0.5, 0.6) is 0 Å². The van der Waals surface area contributed by atoms with Crippen molar-refractivity contribution >= 4 is 16.1 Å². The molecule has 8 nitrogen and oxygen atoms in total. The molecule has 2 saturated heterocycles. The van der Waals surface area contributed by atoms with E-state index >= 15 is 0 Å². The van der Waals surface area contributed by atoms with E-state index in [1.54, 1.807) is 4.90 Å². The Morgan fingerprint density at radius 2 is 1.64 bits per heavy atom. The van der Waals surface area contributed by atoms with Crippen LogP contribution in [0.25, 0.3) is 0 Å². The van der Waals surface area contributed by atoms with Gasteiger partial charge in [0.15, 0.2) is 0 Å². The molecule has 0 bridgehead atoms. The topological polar surface area (TPSA) is 96.2 Å². The predicted octanol–water partition coefficient (Wildman–Crippen LogP) is -0.142. The first-order valence-corrected chi connectivity index (χ1v) is 10.5. The minimum Gasteiger partial charge on any atom is -0.373 e. The van der Waals surface area contributed by atoms with E-state index < -0.39 is 16.3 Å². The molecule has 2 rings (SSSR count). The van der Waals surface area contributed by atoms with Crippen molar-refractivity contribution in [2.75, 3.05) is 39.3 Å². The molecule has 0 saturated carbocycles. The van der Waals surface area contributed by atoms with Crippen LogP contribution in [0.15, 0.2) is 0 Å². The van der Waals surface area contributed by atoms with Crippen molar-refractivity contribution in [2.24, 2.45) is 11.7 Å². The smallest absolute Gasteiger partial charge is 0.282 e. The van der Waals surface area contributed by atoms with E-state index in [-0.39, 0.29) is 24.0 Å². The molecule has 0 aromatic heterocycles. The van der Waals surface area contributed by atoms with Gasteiger partial charge in [-0.1, -0.05) is 20.3 Å². The lowest BCUT2D eigenvalue weighted by atomic mass is 9.99. The Balaban J connectivity index is 1.96. The molecule has 2 heterocycles. The molecule has 0 aliphatic carbocycles. The molecule has 0 spiro atoms. The molecule has 1 amide bonds. The summed E-state index contributed by atoms with van der Waals surface area (Å²) in [6.45, 7) is 9.85. The SMILES string of the molecule is CCC(C)C(N)C(=O)N1CCN(S(=O)(=O)N2CC(C)OC(C)C2)CC1. The van der Waals surface area contributed by atoms with Crippen molar-refractivity contribution in [3.8, 4) is 0 Å². The van der Waals surface area contributed by atoms with Crippen LogP contribution in [0, 0.1) is 5.92 Å². The largest absolute Gasteiger partial charge is 0.373 e. The highest BCUT2D eigenvalue weighted by atomic mass is 32.2. The number of carbonyl (C=O) groups excluding carboxylic acids is 1. The lowest BCUT2D eigenvalue weighted by Crippen LogP contribution is -2.59. The summed E-state index contributed by atoms with van der Waals surface area (Å²) in [4.78, 5) is 14.1. The second-order valence-corrected chi connectivity index (χ2v) is 9.15. The number of ether oxygens (including phenoxy) is 1. The molecule has 4 unspecified atom stereocenters. The summed E-state index contributed by atoms with van der Waals surface area (Å²) in [5, 5.41) is 0. The first kappa shape index (κ1) is 20.6. The Hall–Kier alpha value is -0.740. The second kappa shape index (κ2) is 8.30. The lowest BCUT2D eigenvalue weighted by molar-refractivity contribution is -0.135. The number of piperazine rings is 1. The number of rotatable bonds is 5. The summed E-state index contributed by atoms with van der Waals surface area (Å²) >= 11 is 0. The van der Waals surface area contributed by atoms with E-state index in [2.05, 4.69) is 0 Å². The highest BCUT2D eigenvalue weighted by Crippen LogP contribution is 2.19. The van der Waals surface area contributed by atoms with Crippen molar-refractivity contribution in [3.63, 3.8) is 0 Å². The van der Waals surface area contributed by atoms with E-state index in [1.165, 1.54) is 8.61 Å². The fourth-order valence-corrected chi connectivity index (χ4v) is 5.08. The summed E-state index contributed by atoms with van der Waals surface area (Å²) in [6.07, 6.45) is 0.610. The van der Waals surface area contributed by atoms with Crippen LogP contribution in [-0.4, -0.2) is 85.4 Å². The van der Waals surface area contributed by atoms with Gasteiger partial charge < -0.3 is 15.4 Å². The maximum atomic E-state index is 12.9. The molecular formula is C16H32N4O4S. The quantitative estimate of drug-likeness (QED) is 0.720. The van der Waals surface area contributed by atoms with Crippen LogP contribution < -0.4 is 5.73 Å². The van der Waals surface area contributed by atoms with Crippen LogP contribution in [0.4, 0.5) is 0 Å². The lowest BCUT2D eigenvalue weighted by Gasteiger charge is -2.40. The summed E-state index contributed by atoms with van der Waals surface area (Å²) in [5.74, 6) is 0.0330. The van der Waals surface area contributed by atoms with Crippen LogP contribution in [-0.2, 0) is 19.7 Å². The fraction of sp³-hybridized carbons (Fsp3) is 0.938. The number of carbonyl (C=O) groups is 1. The molecule has 25 heavy (non-hydrogen) atoms. The minimum absolute atomic E-state index is 0.0833. The van der Waals surface area contributed by atoms with Gasteiger partial charge in [-0.25, -0.2) is 0 Å². The van der Waals surface area contributed by atoms with Gasteiger partial charge in [-0.2, -0.15) is 17.0 Å². The average molecular weight is 377 g/mol. The third kappa shape index (κ3) is 4.71. The first-order chi connectivity index (χ1) is 11.7. The zero-order chi connectivity index (χ0) is 18.8. The third-order valence-corrected chi connectivity index (χ3v) is 7.10. The van der Waals surface area contributed by atoms with Gasteiger partial charge in [0.25, 0.3) is 10.2 Å². The fourth-order valence-electron chi connectivity index (χ4n) is 3.33. The average Bonchev–Trinajstić information content (AvgIpc) is 2.59. The van der Waals surface area contributed by atoms with Crippen molar-refractivity contribution < 1.29 is 17.9 Å². The monoisotopic (exact) mass is 376 g/mol. The van der Waals surface area contributed by atoms with Crippen LogP contribution in [0.1, 0.15) is 34.1 Å². The molecule has 0 aromatic rings. The van der Waals surface area contributed by atoms with Crippen molar-refractivity contribution in [3.05, 3.63) is 0 Å². The molecule has 2 aliphatic rings. The third-order valence-electron chi connectivity index (χ3n) is 5.13. The first-order valence-electron chi connectivity index (χ1n) is 9.11. The Morgan fingerprint density at radius 1 is 1.12 bits per heavy atom. The summed E-state index contributed by atoms with van der Waals surface area (Å²) in [6, 6.07) is -0.519. The van der Waals surface area contributed by atoms with Gasteiger partial charge in [-0.05, 0) is 19.8 Å². The van der Waals surface area contributed by atoms with Gasteiger partial charge in [0.05, 0.1) is 18.2 Å². The molecule has 0 radical (unpaired) electrons. The molecule has 0 aromatic carbocycles. The molecular weight excluding hydrogens is 344 g/mol. The summed E-state index contributed by atoms with van der Waals surface area (Å²) in [5.41, 5.74) is 6.02. The van der Waals surface area contributed by atoms with Gasteiger partial charge in [-0.15, -0.1) is 0 Å². The van der Waals surface area contributed by atoms with E-state index in [1.807, 2.05) is 27.7 Å². The van der Waals surface area contributed by atoms with E-state index in [4.69, 9.17) is 10.5 Å². The maximum absolute atomic E-state index is 12.9. The van der Waals surface area contributed by atoms with Gasteiger partial charge >= 0.3 is 0 Å². The van der Waals surface area contributed by atoms with Crippen LogP contribution >= 0.6 is 0 Å². The van der Waals surface area contributed by atoms with E-state index in [0.717, 1.165) is 6.42 Å². The molecule has 2 fully saturated rings. The normalized spacial score (nSPS) is 29.4. The standard InChI is InChI=1S/C16H32N4O4S/c1-5-12(2)15(17)16(21)18-6-8-19(9-7-18)25(22,23)20-10-13(3)24-14(4)11-20/h12-15H,5-11,17H2,1-4H3. The second-order valence-electron chi connectivity index (χ2n) is 7.22. The number of hydrogen-bond acceptors (Lipinski definition) is 5. The van der Waals surface area contributed by atoms with Gasteiger partial charge in [0, 0.05) is 39.3 Å². The van der Waals surface area contributed by atoms with E-state index in [0.29, 0.717) is 39.3 Å². The van der Waals surface area contributed by atoms with Gasteiger partial charge in [-0.3, -0.25) is 4.79 Å². The van der Waals surface area contributed by atoms with Crippen molar-refractivity contribution in [1.29, 1.82) is 0 Å². The number of morpholine rings is 1. The highest BCUT2D eigenvalue weighted by molar-refractivity contribution is 7.86. The van der Waals surface area contributed by atoms with Crippen molar-refractivity contribution in [1.82, 2.24) is 13.5 Å². The summed E-state index contributed by atoms with van der Waals surface area (Å²) in [7, 11) is -3.52. The number of hydrogen-bond donors (Lipinski definition) is 1. The number of nitrogens with two attached hydrogens (primary N) is 1. The molecule has 2 N–H and O–H groups in total. The minimum atomic E-state index is -3.52. The highest BCUT2D eigenvalue weighted by Gasteiger charge is 2.38. The Kier molecular flexibility index (Phi) is 6.83. The maximum Gasteiger partial charge on any atom is 0.282 e. The summed E-state index contributed by atoms with van der Waals surface area (Å²) < 4.78 is 34.3. The van der Waals surface area contributed by atoms with E-state index in [9.17, 15) is 13.2 Å². The van der Waals surface area contributed by atoms with Crippen LogP contribution in [0.3, 0.4) is 0 Å². The molecule has 9 heteroatoms. The van der Waals surface area contributed by atoms with Crippen LogP contribution in [0.2, 0.25) is 0 Å². The number of amides is 1. The van der Waals surface area contributed by atoms with Gasteiger partial charge in [0.1, 0.15) is 0 Å². The number of nitrogens with zero attached hydrogens (tertiary/aromatic N) is 3. The zero-order valence-electron chi connectivity index (χ0n) is 15.7.